The summed E-state index contributed by atoms with van der Waals surface area (Å²) in [6.45, 7) is 5.56. The van der Waals surface area contributed by atoms with Gasteiger partial charge in [-0.3, -0.25) is 4.79 Å². The fourth-order valence-electron chi connectivity index (χ4n) is 2.82. The van der Waals surface area contributed by atoms with Crippen molar-refractivity contribution < 1.29 is 4.79 Å². The molecule has 3 rings (SSSR count). The SMILES string of the molecule is Cc1cccc(N2CCN(C(=O)C3C=CC=C3)CC2)c1. The van der Waals surface area contributed by atoms with Crippen molar-refractivity contribution in [3.05, 3.63) is 54.1 Å². The molecule has 1 heterocycles. The van der Waals surface area contributed by atoms with E-state index in [2.05, 4.69) is 36.1 Å². The van der Waals surface area contributed by atoms with Crippen LogP contribution in [-0.2, 0) is 4.79 Å². The van der Waals surface area contributed by atoms with Crippen LogP contribution in [0.15, 0.2) is 48.6 Å². The van der Waals surface area contributed by atoms with E-state index in [1.165, 1.54) is 11.3 Å². The second-order valence-electron chi connectivity index (χ2n) is 5.45. The average Bonchev–Trinajstić information content (AvgIpc) is 3.01. The summed E-state index contributed by atoms with van der Waals surface area (Å²) in [5.41, 5.74) is 2.54. The third-order valence-electron chi connectivity index (χ3n) is 3.99. The number of carbonyl (C=O) groups excluding carboxylic acids is 1. The van der Waals surface area contributed by atoms with Crippen LogP contribution in [0.5, 0.6) is 0 Å². The van der Waals surface area contributed by atoms with Crippen molar-refractivity contribution in [1.82, 2.24) is 4.90 Å². The zero-order chi connectivity index (χ0) is 13.9. The summed E-state index contributed by atoms with van der Waals surface area (Å²) < 4.78 is 0. The number of piperazine rings is 1. The zero-order valence-corrected chi connectivity index (χ0v) is 11.8. The van der Waals surface area contributed by atoms with Crippen molar-refractivity contribution in [3.63, 3.8) is 0 Å². The molecule has 1 amide bonds. The van der Waals surface area contributed by atoms with Gasteiger partial charge in [-0.1, -0.05) is 36.4 Å². The molecular weight excluding hydrogens is 248 g/mol. The fraction of sp³-hybridized carbons (Fsp3) is 0.353. The van der Waals surface area contributed by atoms with Crippen LogP contribution in [0.25, 0.3) is 0 Å². The molecule has 0 radical (unpaired) electrons. The second kappa shape index (κ2) is 5.53. The first-order valence-corrected chi connectivity index (χ1v) is 7.19. The molecule has 3 heteroatoms. The van der Waals surface area contributed by atoms with E-state index in [4.69, 9.17) is 0 Å². The molecule has 1 aliphatic heterocycles. The van der Waals surface area contributed by atoms with E-state index >= 15 is 0 Å². The quantitative estimate of drug-likeness (QED) is 0.822. The number of benzene rings is 1. The van der Waals surface area contributed by atoms with E-state index in [1.807, 2.05) is 29.2 Å². The number of allylic oxidation sites excluding steroid dienone is 2. The van der Waals surface area contributed by atoms with Crippen LogP contribution in [0, 0.1) is 12.8 Å². The summed E-state index contributed by atoms with van der Waals surface area (Å²) >= 11 is 0. The third-order valence-corrected chi connectivity index (χ3v) is 3.99. The van der Waals surface area contributed by atoms with E-state index in [-0.39, 0.29) is 11.8 Å². The van der Waals surface area contributed by atoms with Crippen LogP contribution >= 0.6 is 0 Å². The number of hydrogen-bond acceptors (Lipinski definition) is 2. The summed E-state index contributed by atoms with van der Waals surface area (Å²) in [5, 5.41) is 0. The zero-order valence-electron chi connectivity index (χ0n) is 11.8. The topological polar surface area (TPSA) is 23.6 Å². The molecule has 1 aromatic carbocycles. The van der Waals surface area contributed by atoms with Gasteiger partial charge in [0.15, 0.2) is 0 Å². The van der Waals surface area contributed by atoms with Gasteiger partial charge in [-0.15, -0.1) is 0 Å². The lowest BCUT2D eigenvalue weighted by atomic mass is 10.1. The molecule has 0 spiro atoms. The van der Waals surface area contributed by atoms with Gasteiger partial charge in [-0.25, -0.2) is 0 Å². The summed E-state index contributed by atoms with van der Waals surface area (Å²) in [7, 11) is 0. The molecule has 0 N–H and O–H groups in total. The molecule has 1 saturated heterocycles. The number of nitrogens with zero attached hydrogens (tertiary/aromatic N) is 2. The van der Waals surface area contributed by atoms with Gasteiger partial charge in [0.2, 0.25) is 5.91 Å². The highest BCUT2D eigenvalue weighted by Crippen LogP contribution is 2.19. The van der Waals surface area contributed by atoms with Crippen molar-refractivity contribution in [1.29, 1.82) is 0 Å². The Balaban J connectivity index is 1.61. The maximum absolute atomic E-state index is 12.3. The number of amides is 1. The van der Waals surface area contributed by atoms with Gasteiger partial charge < -0.3 is 9.80 Å². The summed E-state index contributed by atoms with van der Waals surface area (Å²) in [6, 6.07) is 8.56. The van der Waals surface area contributed by atoms with Crippen molar-refractivity contribution in [2.45, 2.75) is 6.92 Å². The number of rotatable bonds is 2. The van der Waals surface area contributed by atoms with Crippen LogP contribution in [0.3, 0.4) is 0 Å². The molecular formula is C17H20N2O. The molecule has 1 fully saturated rings. The van der Waals surface area contributed by atoms with E-state index in [0.717, 1.165) is 26.2 Å². The predicted octanol–water partition coefficient (Wildman–Crippen LogP) is 2.39. The standard InChI is InChI=1S/C17H20N2O/c1-14-5-4-8-16(13-14)18-9-11-19(12-10-18)17(20)15-6-2-3-7-15/h2-8,13,15H,9-12H2,1H3. The highest BCUT2D eigenvalue weighted by molar-refractivity contribution is 5.83. The lowest BCUT2D eigenvalue weighted by Gasteiger charge is -2.37. The highest BCUT2D eigenvalue weighted by Gasteiger charge is 2.25. The number of aryl methyl sites for hydroxylation is 1. The third kappa shape index (κ3) is 2.62. The van der Waals surface area contributed by atoms with Gasteiger partial charge in [0.05, 0.1) is 5.92 Å². The van der Waals surface area contributed by atoms with Gasteiger partial charge in [0, 0.05) is 31.9 Å². The molecule has 20 heavy (non-hydrogen) atoms. The molecule has 1 aromatic rings. The minimum atomic E-state index is -0.0412. The minimum absolute atomic E-state index is 0.0412. The van der Waals surface area contributed by atoms with Crippen molar-refractivity contribution in [2.24, 2.45) is 5.92 Å². The molecule has 3 nitrogen and oxygen atoms in total. The van der Waals surface area contributed by atoms with Crippen LogP contribution in [0.4, 0.5) is 5.69 Å². The van der Waals surface area contributed by atoms with Crippen molar-refractivity contribution in [3.8, 4) is 0 Å². The molecule has 1 aliphatic carbocycles. The van der Waals surface area contributed by atoms with Gasteiger partial charge in [0.1, 0.15) is 0 Å². The molecule has 2 aliphatic rings. The number of hydrogen-bond donors (Lipinski definition) is 0. The lowest BCUT2D eigenvalue weighted by molar-refractivity contribution is -0.132. The van der Waals surface area contributed by atoms with Gasteiger partial charge in [0.25, 0.3) is 0 Å². The Bertz CT molecular complexity index is 542. The van der Waals surface area contributed by atoms with E-state index < -0.39 is 0 Å². The van der Waals surface area contributed by atoms with Gasteiger partial charge in [-0.05, 0) is 24.6 Å². The first-order valence-electron chi connectivity index (χ1n) is 7.19. The Morgan fingerprint density at radius 2 is 1.80 bits per heavy atom. The number of carbonyl (C=O) groups is 1. The Labute approximate surface area is 120 Å². The van der Waals surface area contributed by atoms with Crippen LogP contribution in [-0.4, -0.2) is 37.0 Å². The Morgan fingerprint density at radius 1 is 1.10 bits per heavy atom. The van der Waals surface area contributed by atoms with Gasteiger partial charge in [-0.2, -0.15) is 0 Å². The van der Waals surface area contributed by atoms with Crippen molar-refractivity contribution in [2.75, 3.05) is 31.1 Å². The molecule has 104 valence electrons. The largest absolute Gasteiger partial charge is 0.368 e. The average molecular weight is 268 g/mol. The first-order chi connectivity index (χ1) is 9.74. The summed E-state index contributed by atoms with van der Waals surface area (Å²) in [5.74, 6) is 0.194. The highest BCUT2D eigenvalue weighted by atomic mass is 16.2. The monoisotopic (exact) mass is 268 g/mol. The maximum atomic E-state index is 12.3. The Morgan fingerprint density at radius 3 is 2.45 bits per heavy atom. The normalized spacial score (nSPS) is 18.9. The Hall–Kier alpha value is -2.03. The number of anilines is 1. The second-order valence-corrected chi connectivity index (χ2v) is 5.45. The van der Waals surface area contributed by atoms with E-state index in [9.17, 15) is 4.79 Å². The lowest BCUT2D eigenvalue weighted by Crippen LogP contribution is -2.50. The predicted molar refractivity (Wildman–Crippen MR) is 81.7 cm³/mol. The maximum Gasteiger partial charge on any atom is 0.233 e. The molecule has 0 bridgehead atoms. The van der Waals surface area contributed by atoms with Crippen LogP contribution in [0.2, 0.25) is 0 Å². The summed E-state index contributed by atoms with van der Waals surface area (Å²) in [6.07, 6.45) is 7.83. The van der Waals surface area contributed by atoms with E-state index in [1.54, 1.807) is 0 Å². The van der Waals surface area contributed by atoms with Crippen LogP contribution < -0.4 is 4.90 Å². The molecule has 0 saturated carbocycles. The van der Waals surface area contributed by atoms with Crippen LogP contribution in [0.1, 0.15) is 5.56 Å². The van der Waals surface area contributed by atoms with Gasteiger partial charge >= 0.3 is 0 Å². The molecule has 0 unspecified atom stereocenters. The smallest absolute Gasteiger partial charge is 0.233 e. The molecule has 0 aromatic heterocycles. The molecule has 0 atom stereocenters. The Kier molecular flexibility index (Phi) is 3.59. The van der Waals surface area contributed by atoms with Crippen molar-refractivity contribution >= 4 is 11.6 Å². The summed E-state index contributed by atoms with van der Waals surface area (Å²) in [4.78, 5) is 16.6. The minimum Gasteiger partial charge on any atom is -0.368 e. The fourth-order valence-corrected chi connectivity index (χ4v) is 2.82. The first kappa shape index (κ1) is 13.0. The van der Waals surface area contributed by atoms with E-state index in [0.29, 0.717) is 0 Å².